The molecule has 0 saturated heterocycles. The van der Waals surface area contributed by atoms with Crippen LogP contribution in [0.1, 0.15) is 60.3 Å². The maximum atomic E-state index is 3.63. The van der Waals surface area contributed by atoms with Crippen LogP contribution in [0.25, 0.3) is 0 Å². The van der Waals surface area contributed by atoms with Gasteiger partial charge < -0.3 is 5.32 Å². The molecule has 14 heavy (non-hydrogen) atoms. The van der Waals surface area contributed by atoms with Crippen LogP contribution in [0.5, 0.6) is 0 Å². The Morgan fingerprint density at radius 2 is 1.64 bits per heavy atom. The van der Waals surface area contributed by atoms with Gasteiger partial charge in [-0.1, -0.05) is 40.5 Å². The van der Waals surface area contributed by atoms with Crippen molar-refractivity contribution < 1.29 is 0 Å². The van der Waals surface area contributed by atoms with Crippen LogP contribution in [0, 0.1) is 11.8 Å². The highest BCUT2D eigenvalue weighted by molar-refractivity contribution is 4.66. The van der Waals surface area contributed by atoms with Gasteiger partial charge in [0.05, 0.1) is 0 Å². The average Bonchev–Trinajstić information content (AvgIpc) is 2.15. The van der Waals surface area contributed by atoms with Crippen molar-refractivity contribution >= 4 is 0 Å². The molecule has 0 aliphatic carbocycles. The number of hydrogen-bond acceptors (Lipinski definition) is 1. The van der Waals surface area contributed by atoms with Crippen LogP contribution in [0.4, 0.5) is 0 Å². The topological polar surface area (TPSA) is 12.0 Å². The molecule has 0 aromatic rings. The van der Waals surface area contributed by atoms with E-state index in [1.165, 1.54) is 32.2 Å². The smallest absolute Gasteiger partial charge is 0.00413 e. The molecule has 0 radical (unpaired) electrons. The Morgan fingerprint density at radius 3 is 2.14 bits per heavy atom. The third-order valence-corrected chi connectivity index (χ3v) is 3.05. The van der Waals surface area contributed by atoms with Crippen molar-refractivity contribution in [1.29, 1.82) is 0 Å². The van der Waals surface area contributed by atoms with E-state index in [9.17, 15) is 0 Å². The van der Waals surface area contributed by atoms with Crippen LogP contribution in [0.15, 0.2) is 0 Å². The quantitative estimate of drug-likeness (QED) is 0.626. The normalized spacial score (nSPS) is 17.8. The van der Waals surface area contributed by atoms with Crippen LogP contribution >= 0.6 is 0 Å². The summed E-state index contributed by atoms with van der Waals surface area (Å²) in [4.78, 5) is 0. The molecule has 0 heterocycles. The number of rotatable bonds is 8. The molecular formula is C13H29N. The molecule has 3 atom stereocenters. The molecule has 1 heteroatoms. The van der Waals surface area contributed by atoms with Crippen LogP contribution < -0.4 is 5.32 Å². The van der Waals surface area contributed by atoms with Crippen molar-refractivity contribution in [2.75, 3.05) is 6.54 Å². The molecule has 1 N–H and O–H groups in total. The van der Waals surface area contributed by atoms with Gasteiger partial charge in [-0.2, -0.15) is 0 Å². The highest BCUT2D eigenvalue weighted by Crippen LogP contribution is 2.10. The molecule has 0 aliphatic heterocycles. The summed E-state index contributed by atoms with van der Waals surface area (Å²) in [5.41, 5.74) is 0. The fraction of sp³-hybridized carbons (Fsp3) is 1.00. The summed E-state index contributed by atoms with van der Waals surface area (Å²) < 4.78 is 0. The van der Waals surface area contributed by atoms with E-state index in [2.05, 4.69) is 39.9 Å². The zero-order valence-electron chi connectivity index (χ0n) is 10.8. The van der Waals surface area contributed by atoms with Crippen LogP contribution in [0.2, 0.25) is 0 Å². The second-order valence-corrected chi connectivity index (χ2v) is 4.95. The second kappa shape index (κ2) is 8.28. The van der Waals surface area contributed by atoms with Crippen LogP contribution in [-0.4, -0.2) is 12.6 Å². The number of hydrogen-bond donors (Lipinski definition) is 1. The van der Waals surface area contributed by atoms with E-state index in [0.29, 0.717) is 6.04 Å². The minimum Gasteiger partial charge on any atom is -0.314 e. The molecule has 3 unspecified atom stereocenters. The minimum atomic E-state index is 0.684. The highest BCUT2D eigenvalue weighted by atomic mass is 14.9. The first-order valence-electron chi connectivity index (χ1n) is 6.33. The summed E-state index contributed by atoms with van der Waals surface area (Å²) in [7, 11) is 0. The molecule has 0 rings (SSSR count). The van der Waals surface area contributed by atoms with Gasteiger partial charge in [-0.3, -0.25) is 0 Å². The summed E-state index contributed by atoms with van der Waals surface area (Å²) in [6.45, 7) is 12.7. The van der Waals surface area contributed by atoms with Gasteiger partial charge in [0.1, 0.15) is 0 Å². The Kier molecular flexibility index (Phi) is 8.26. The van der Waals surface area contributed by atoms with Crippen LogP contribution in [-0.2, 0) is 0 Å². The SMILES string of the molecule is CCCC(C)CNC(C)CC(C)CC. The van der Waals surface area contributed by atoms with Gasteiger partial charge in [-0.05, 0) is 38.1 Å². The average molecular weight is 199 g/mol. The fourth-order valence-electron chi connectivity index (χ4n) is 1.85. The van der Waals surface area contributed by atoms with E-state index in [4.69, 9.17) is 0 Å². The van der Waals surface area contributed by atoms with Crippen molar-refractivity contribution in [3.63, 3.8) is 0 Å². The third-order valence-electron chi connectivity index (χ3n) is 3.05. The van der Waals surface area contributed by atoms with E-state index in [1.54, 1.807) is 0 Å². The molecule has 0 fully saturated rings. The molecular weight excluding hydrogens is 170 g/mol. The summed E-state index contributed by atoms with van der Waals surface area (Å²) in [6.07, 6.45) is 5.28. The Morgan fingerprint density at radius 1 is 1.00 bits per heavy atom. The van der Waals surface area contributed by atoms with Crippen LogP contribution in [0.3, 0.4) is 0 Å². The zero-order valence-corrected chi connectivity index (χ0v) is 10.8. The highest BCUT2D eigenvalue weighted by Gasteiger charge is 2.07. The molecule has 0 bridgehead atoms. The predicted molar refractivity (Wildman–Crippen MR) is 65.6 cm³/mol. The van der Waals surface area contributed by atoms with Gasteiger partial charge in [0.25, 0.3) is 0 Å². The molecule has 0 saturated carbocycles. The van der Waals surface area contributed by atoms with Crippen molar-refractivity contribution in [2.24, 2.45) is 11.8 Å². The van der Waals surface area contributed by atoms with E-state index < -0.39 is 0 Å². The standard InChI is InChI=1S/C13H29N/c1-6-8-12(4)10-14-13(5)9-11(3)7-2/h11-14H,6-10H2,1-5H3. The second-order valence-electron chi connectivity index (χ2n) is 4.95. The summed E-state index contributed by atoms with van der Waals surface area (Å²) in [5.74, 6) is 1.69. The largest absolute Gasteiger partial charge is 0.314 e. The summed E-state index contributed by atoms with van der Waals surface area (Å²) >= 11 is 0. The lowest BCUT2D eigenvalue weighted by atomic mass is 9.99. The Labute approximate surface area is 90.7 Å². The first kappa shape index (κ1) is 14.0. The first-order valence-corrected chi connectivity index (χ1v) is 6.33. The van der Waals surface area contributed by atoms with E-state index >= 15 is 0 Å². The van der Waals surface area contributed by atoms with E-state index in [0.717, 1.165) is 11.8 Å². The van der Waals surface area contributed by atoms with Gasteiger partial charge in [0.2, 0.25) is 0 Å². The lowest BCUT2D eigenvalue weighted by Gasteiger charge is -2.20. The molecule has 0 amide bonds. The monoisotopic (exact) mass is 199 g/mol. The lowest BCUT2D eigenvalue weighted by molar-refractivity contribution is 0.379. The Bertz CT molecular complexity index is 122. The van der Waals surface area contributed by atoms with Crippen molar-refractivity contribution in [3.05, 3.63) is 0 Å². The first-order chi connectivity index (χ1) is 6.60. The van der Waals surface area contributed by atoms with Gasteiger partial charge in [-0.15, -0.1) is 0 Å². The Hall–Kier alpha value is -0.0400. The van der Waals surface area contributed by atoms with Gasteiger partial charge in [0.15, 0.2) is 0 Å². The van der Waals surface area contributed by atoms with E-state index in [-0.39, 0.29) is 0 Å². The van der Waals surface area contributed by atoms with E-state index in [1.807, 2.05) is 0 Å². The Balaban J connectivity index is 3.47. The van der Waals surface area contributed by atoms with Gasteiger partial charge in [0, 0.05) is 6.04 Å². The molecule has 0 spiro atoms. The predicted octanol–water partition coefficient (Wildman–Crippen LogP) is 3.84. The fourth-order valence-corrected chi connectivity index (χ4v) is 1.85. The molecule has 1 nitrogen and oxygen atoms in total. The molecule has 0 aliphatic rings. The molecule has 0 aromatic carbocycles. The van der Waals surface area contributed by atoms with Gasteiger partial charge in [-0.25, -0.2) is 0 Å². The minimum absolute atomic E-state index is 0.684. The molecule has 86 valence electrons. The number of nitrogens with one attached hydrogen (secondary N) is 1. The zero-order chi connectivity index (χ0) is 11.0. The van der Waals surface area contributed by atoms with Gasteiger partial charge >= 0.3 is 0 Å². The lowest BCUT2D eigenvalue weighted by Crippen LogP contribution is -2.31. The maximum absolute atomic E-state index is 3.63. The molecule has 0 aromatic heterocycles. The maximum Gasteiger partial charge on any atom is 0.00413 e. The summed E-state index contributed by atoms with van der Waals surface area (Å²) in [6, 6.07) is 0.684. The van der Waals surface area contributed by atoms with Crippen molar-refractivity contribution in [1.82, 2.24) is 5.32 Å². The summed E-state index contributed by atoms with van der Waals surface area (Å²) in [5, 5.41) is 3.63. The third kappa shape index (κ3) is 7.37. The van der Waals surface area contributed by atoms with Crippen molar-refractivity contribution in [3.8, 4) is 0 Å². The van der Waals surface area contributed by atoms with Crippen molar-refractivity contribution in [2.45, 2.75) is 66.3 Å².